The minimum atomic E-state index is -0.581. The number of rotatable bonds is 6. The standard InChI is InChI=1S/C15H23BrO/c1-12(2)5-4-10-15(3,17)11-13-6-8-14(16)9-7-13/h6-9,12,17H,4-5,10-11H2,1-3H3. The van der Waals surface area contributed by atoms with Crippen LogP contribution in [0.25, 0.3) is 0 Å². The lowest BCUT2D eigenvalue weighted by atomic mass is 9.90. The van der Waals surface area contributed by atoms with E-state index in [1.54, 1.807) is 0 Å². The van der Waals surface area contributed by atoms with Crippen LogP contribution >= 0.6 is 15.9 Å². The molecule has 0 amide bonds. The van der Waals surface area contributed by atoms with Gasteiger partial charge < -0.3 is 5.11 Å². The van der Waals surface area contributed by atoms with Crippen molar-refractivity contribution in [2.24, 2.45) is 5.92 Å². The van der Waals surface area contributed by atoms with Crippen molar-refractivity contribution in [3.8, 4) is 0 Å². The summed E-state index contributed by atoms with van der Waals surface area (Å²) in [4.78, 5) is 0. The van der Waals surface area contributed by atoms with Gasteiger partial charge in [0.15, 0.2) is 0 Å². The van der Waals surface area contributed by atoms with Gasteiger partial charge in [-0.15, -0.1) is 0 Å². The molecule has 0 aliphatic rings. The maximum atomic E-state index is 10.3. The van der Waals surface area contributed by atoms with E-state index < -0.39 is 5.60 Å². The summed E-state index contributed by atoms with van der Waals surface area (Å²) < 4.78 is 1.08. The van der Waals surface area contributed by atoms with E-state index in [4.69, 9.17) is 0 Å². The zero-order chi connectivity index (χ0) is 12.9. The predicted molar refractivity (Wildman–Crippen MR) is 77.2 cm³/mol. The average molecular weight is 299 g/mol. The van der Waals surface area contributed by atoms with E-state index in [9.17, 15) is 5.11 Å². The summed E-state index contributed by atoms with van der Waals surface area (Å²) in [6.07, 6.45) is 3.90. The monoisotopic (exact) mass is 298 g/mol. The van der Waals surface area contributed by atoms with Crippen LogP contribution in [0.4, 0.5) is 0 Å². The Balaban J connectivity index is 2.45. The van der Waals surface area contributed by atoms with Crippen molar-refractivity contribution < 1.29 is 5.11 Å². The van der Waals surface area contributed by atoms with Crippen LogP contribution in [0.5, 0.6) is 0 Å². The van der Waals surface area contributed by atoms with Gasteiger partial charge >= 0.3 is 0 Å². The molecule has 1 aromatic carbocycles. The molecule has 96 valence electrons. The molecule has 0 radical (unpaired) electrons. The first-order valence-corrected chi connectivity index (χ1v) is 7.15. The third-order valence-electron chi connectivity index (χ3n) is 3.00. The Bertz CT molecular complexity index is 327. The molecule has 1 atom stereocenters. The zero-order valence-corrected chi connectivity index (χ0v) is 12.6. The third-order valence-corrected chi connectivity index (χ3v) is 3.52. The highest BCUT2D eigenvalue weighted by Crippen LogP contribution is 2.22. The van der Waals surface area contributed by atoms with Gasteiger partial charge in [-0.3, -0.25) is 0 Å². The Morgan fingerprint density at radius 1 is 1.24 bits per heavy atom. The normalized spacial score (nSPS) is 14.9. The second-order valence-electron chi connectivity index (χ2n) is 5.59. The van der Waals surface area contributed by atoms with Crippen molar-refractivity contribution in [3.05, 3.63) is 34.3 Å². The van der Waals surface area contributed by atoms with E-state index in [0.717, 1.165) is 29.7 Å². The molecule has 0 heterocycles. The molecule has 17 heavy (non-hydrogen) atoms. The molecule has 0 aromatic heterocycles. The Kier molecular flexibility index (Phi) is 5.68. The number of hydrogen-bond acceptors (Lipinski definition) is 1. The van der Waals surface area contributed by atoms with E-state index >= 15 is 0 Å². The predicted octanol–water partition coefficient (Wildman–Crippen LogP) is 4.57. The zero-order valence-electron chi connectivity index (χ0n) is 11.0. The highest BCUT2D eigenvalue weighted by Gasteiger charge is 2.20. The molecule has 0 aliphatic heterocycles. The summed E-state index contributed by atoms with van der Waals surface area (Å²) >= 11 is 3.42. The number of aliphatic hydroxyl groups is 1. The molecular formula is C15H23BrO. The summed E-state index contributed by atoms with van der Waals surface area (Å²) in [5, 5.41) is 10.3. The first-order chi connectivity index (χ1) is 7.89. The van der Waals surface area contributed by atoms with Gasteiger partial charge in [0.1, 0.15) is 0 Å². The molecule has 0 aliphatic carbocycles. The molecule has 0 spiro atoms. The molecule has 0 saturated carbocycles. The van der Waals surface area contributed by atoms with E-state index in [1.807, 2.05) is 19.1 Å². The second kappa shape index (κ2) is 6.55. The van der Waals surface area contributed by atoms with Crippen LogP contribution in [0.15, 0.2) is 28.7 Å². The van der Waals surface area contributed by atoms with Crippen LogP contribution in [0, 0.1) is 5.92 Å². The Morgan fingerprint density at radius 2 is 1.82 bits per heavy atom. The van der Waals surface area contributed by atoms with E-state index in [1.165, 1.54) is 12.0 Å². The topological polar surface area (TPSA) is 20.2 Å². The third kappa shape index (κ3) is 6.23. The van der Waals surface area contributed by atoms with Crippen molar-refractivity contribution >= 4 is 15.9 Å². The van der Waals surface area contributed by atoms with Crippen LogP contribution in [0.2, 0.25) is 0 Å². The molecule has 1 N–H and O–H groups in total. The van der Waals surface area contributed by atoms with Gasteiger partial charge in [-0.2, -0.15) is 0 Å². The van der Waals surface area contributed by atoms with Gasteiger partial charge in [0, 0.05) is 10.9 Å². The minimum Gasteiger partial charge on any atom is -0.390 e. The fourth-order valence-corrected chi connectivity index (χ4v) is 2.29. The summed E-state index contributed by atoms with van der Waals surface area (Å²) in [5.41, 5.74) is 0.616. The molecule has 0 saturated heterocycles. The molecule has 1 nitrogen and oxygen atoms in total. The summed E-state index contributed by atoms with van der Waals surface area (Å²) in [6.45, 7) is 6.39. The molecular weight excluding hydrogens is 276 g/mol. The average Bonchev–Trinajstić information content (AvgIpc) is 2.20. The summed E-state index contributed by atoms with van der Waals surface area (Å²) in [6, 6.07) is 8.20. The SMILES string of the molecule is CC(C)CCCC(C)(O)Cc1ccc(Br)cc1. The van der Waals surface area contributed by atoms with Gasteiger partial charge in [0.2, 0.25) is 0 Å². The van der Waals surface area contributed by atoms with Crippen molar-refractivity contribution in [1.82, 2.24) is 0 Å². The maximum Gasteiger partial charge on any atom is 0.0660 e. The molecule has 2 heteroatoms. The largest absolute Gasteiger partial charge is 0.390 e. The molecule has 0 bridgehead atoms. The van der Waals surface area contributed by atoms with Crippen LogP contribution in [0.3, 0.4) is 0 Å². The van der Waals surface area contributed by atoms with Gasteiger partial charge in [-0.05, 0) is 37.0 Å². The quantitative estimate of drug-likeness (QED) is 0.816. The van der Waals surface area contributed by atoms with Gasteiger partial charge in [-0.1, -0.05) is 54.8 Å². The molecule has 1 rings (SSSR count). The smallest absolute Gasteiger partial charge is 0.0660 e. The highest BCUT2D eigenvalue weighted by atomic mass is 79.9. The lowest BCUT2D eigenvalue weighted by Gasteiger charge is -2.23. The number of benzene rings is 1. The van der Waals surface area contributed by atoms with Gasteiger partial charge in [-0.25, -0.2) is 0 Å². The Hall–Kier alpha value is -0.340. The molecule has 0 fully saturated rings. The van der Waals surface area contributed by atoms with Gasteiger partial charge in [0.05, 0.1) is 5.60 Å². The van der Waals surface area contributed by atoms with Crippen LogP contribution in [0.1, 0.15) is 45.6 Å². The first kappa shape index (κ1) is 14.7. The fraction of sp³-hybridized carbons (Fsp3) is 0.600. The van der Waals surface area contributed by atoms with Crippen molar-refractivity contribution in [3.63, 3.8) is 0 Å². The minimum absolute atomic E-state index is 0.581. The van der Waals surface area contributed by atoms with Crippen LogP contribution < -0.4 is 0 Å². The Labute approximate surface area is 113 Å². The lowest BCUT2D eigenvalue weighted by Crippen LogP contribution is -2.27. The summed E-state index contributed by atoms with van der Waals surface area (Å²) in [5.74, 6) is 0.721. The van der Waals surface area contributed by atoms with E-state index in [-0.39, 0.29) is 0 Å². The van der Waals surface area contributed by atoms with Crippen molar-refractivity contribution in [1.29, 1.82) is 0 Å². The van der Waals surface area contributed by atoms with E-state index in [2.05, 4.69) is 41.9 Å². The van der Waals surface area contributed by atoms with Crippen LogP contribution in [-0.4, -0.2) is 10.7 Å². The Morgan fingerprint density at radius 3 is 2.35 bits per heavy atom. The second-order valence-corrected chi connectivity index (χ2v) is 6.50. The van der Waals surface area contributed by atoms with Crippen LogP contribution in [-0.2, 0) is 6.42 Å². The fourth-order valence-electron chi connectivity index (χ4n) is 2.02. The van der Waals surface area contributed by atoms with E-state index in [0.29, 0.717) is 0 Å². The highest BCUT2D eigenvalue weighted by molar-refractivity contribution is 9.10. The number of halogens is 1. The first-order valence-electron chi connectivity index (χ1n) is 6.36. The van der Waals surface area contributed by atoms with Crippen molar-refractivity contribution in [2.45, 2.75) is 52.1 Å². The molecule has 1 unspecified atom stereocenters. The molecule has 1 aromatic rings. The summed E-state index contributed by atoms with van der Waals surface area (Å²) in [7, 11) is 0. The van der Waals surface area contributed by atoms with Crippen molar-refractivity contribution in [2.75, 3.05) is 0 Å². The number of hydrogen-bond donors (Lipinski definition) is 1. The maximum absolute atomic E-state index is 10.3. The lowest BCUT2D eigenvalue weighted by molar-refractivity contribution is 0.0478. The van der Waals surface area contributed by atoms with Gasteiger partial charge in [0.25, 0.3) is 0 Å².